The molecule has 1 N–H and O–H groups in total. The average Bonchev–Trinajstić information content (AvgIpc) is 2.34. The minimum absolute atomic E-state index is 0.0393. The fraction of sp³-hybridized carbons (Fsp3) is 0.0769. The first-order valence-corrected chi connectivity index (χ1v) is 5.30. The van der Waals surface area contributed by atoms with Crippen LogP contribution in [0.1, 0.15) is 5.69 Å². The van der Waals surface area contributed by atoms with Gasteiger partial charge in [0, 0.05) is 18.0 Å². The molecule has 18 heavy (non-hydrogen) atoms. The molecule has 3 nitrogen and oxygen atoms in total. The van der Waals surface area contributed by atoms with E-state index in [1.54, 1.807) is 24.4 Å². The average molecular weight is 248 g/mol. The van der Waals surface area contributed by atoms with E-state index in [2.05, 4.69) is 10.3 Å². The molecule has 0 bridgehead atoms. The molecule has 0 aliphatic rings. The van der Waals surface area contributed by atoms with Crippen LogP contribution in [-0.4, -0.2) is 10.9 Å². The van der Waals surface area contributed by atoms with Crippen molar-refractivity contribution in [2.75, 3.05) is 5.32 Å². The molecule has 0 aliphatic carbocycles. The molecule has 0 atom stereocenters. The molecule has 0 spiro atoms. The largest absolute Gasteiger partial charge is 0.323 e. The summed E-state index contributed by atoms with van der Waals surface area (Å²) < 4.78 is 25.9. The van der Waals surface area contributed by atoms with Crippen molar-refractivity contribution in [3.05, 3.63) is 59.9 Å². The Labute approximate surface area is 102 Å². The third kappa shape index (κ3) is 3.10. The molecule has 0 aliphatic heterocycles. The van der Waals surface area contributed by atoms with Gasteiger partial charge in [0.1, 0.15) is 11.6 Å². The van der Waals surface area contributed by atoms with E-state index in [0.29, 0.717) is 5.69 Å². The summed E-state index contributed by atoms with van der Waals surface area (Å²) in [4.78, 5) is 15.6. The SMILES string of the molecule is O=C(Cc1ccccn1)Nc1ccc(F)cc1F. The van der Waals surface area contributed by atoms with Crippen LogP contribution in [0, 0.1) is 11.6 Å². The van der Waals surface area contributed by atoms with Crippen molar-refractivity contribution in [2.45, 2.75) is 6.42 Å². The maximum Gasteiger partial charge on any atom is 0.230 e. The second-order valence-electron chi connectivity index (χ2n) is 3.67. The third-order valence-corrected chi connectivity index (χ3v) is 2.27. The summed E-state index contributed by atoms with van der Waals surface area (Å²) in [7, 11) is 0. The highest BCUT2D eigenvalue weighted by molar-refractivity contribution is 5.92. The Balaban J connectivity index is 2.03. The van der Waals surface area contributed by atoms with Crippen LogP contribution >= 0.6 is 0 Å². The highest BCUT2D eigenvalue weighted by Gasteiger charge is 2.08. The van der Waals surface area contributed by atoms with E-state index in [1.807, 2.05) is 0 Å². The van der Waals surface area contributed by atoms with Gasteiger partial charge in [0.15, 0.2) is 0 Å². The van der Waals surface area contributed by atoms with Crippen LogP contribution in [0.2, 0.25) is 0 Å². The Morgan fingerprint density at radius 1 is 1.22 bits per heavy atom. The van der Waals surface area contributed by atoms with Gasteiger partial charge in [-0.3, -0.25) is 9.78 Å². The topological polar surface area (TPSA) is 42.0 Å². The molecule has 1 aromatic heterocycles. The maximum absolute atomic E-state index is 13.3. The van der Waals surface area contributed by atoms with Gasteiger partial charge in [-0.25, -0.2) is 8.78 Å². The number of nitrogens with zero attached hydrogens (tertiary/aromatic N) is 1. The molecule has 0 fully saturated rings. The van der Waals surface area contributed by atoms with Gasteiger partial charge >= 0.3 is 0 Å². The summed E-state index contributed by atoms with van der Waals surface area (Å²) >= 11 is 0. The Bertz CT molecular complexity index is 558. The van der Waals surface area contributed by atoms with E-state index in [9.17, 15) is 13.6 Å². The minimum Gasteiger partial charge on any atom is -0.323 e. The highest BCUT2D eigenvalue weighted by Crippen LogP contribution is 2.15. The number of hydrogen-bond donors (Lipinski definition) is 1. The number of rotatable bonds is 3. The van der Waals surface area contributed by atoms with Crippen molar-refractivity contribution in [1.29, 1.82) is 0 Å². The molecule has 0 unspecified atom stereocenters. The predicted octanol–water partition coefficient (Wildman–Crippen LogP) is 2.54. The van der Waals surface area contributed by atoms with Gasteiger partial charge in [-0.1, -0.05) is 6.07 Å². The Morgan fingerprint density at radius 2 is 2.06 bits per heavy atom. The molecule has 1 amide bonds. The van der Waals surface area contributed by atoms with Gasteiger partial charge in [-0.05, 0) is 24.3 Å². The fourth-order valence-corrected chi connectivity index (χ4v) is 1.45. The predicted molar refractivity (Wildman–Crippen MR) is 62.9 cm³/mol. The van der Waals surface area contributed by atoms with Crippen molar-refractivity contribution in [1.82, 2.24) is 4.98 Å². The highest BCUT2D eigenvalue weighted by atomic mass is 19.1. The number of halogens is 2. The van der Waals surface area contributed by atoms with Crippen LogP contribution in [0.4, 0.5) is 14.5 Å². The Morgan fingerprint density at radius 3 is 2.72 bits per heavy atom. The quantitative estimate of drug-likeness (QED) is 0.906. The van der Waals surface area contributed by atoms with Crippen molar-refractivity contribution in [3.63, 3.8) is 0 Å². The molecular formula is C13H10F2N2O. The molecule has 0 saturated heterocycles. The van der Waals surface area contributed by atoms with Crippen LogP contribution < -0.4 is 5.32 Å². The number of carbonyl (C=O) groups is 1. The molecular weight excluding hydrogens is 238 g/mol. The van der Waals surface area contributed by atoms with Gasteiger partial charge in [-0.15, -0.1) is 0 Å². The van der Waals surface area contributed by atoms with Crippen LogP contribution in [-0.2, 0) is 11.2 Å². The molecule has 2 aromatic rings. The second-order valence-corrected chi connectivity index (χ2v) is 3.67. The van der Waals surface area contributed by atoms with Crippen LogP contribution in [0.25, 0.3) is 0 Å². The first kappa shape index (κ1) is 12.2. The maximum atomic E-state index is 13.3. The van der Waals surface area contributed by atoms with Crippen LogP contribution in [0.15, 0.2) is 42.6 Å². The normalized spacial score (nSPS) is 10.1. The summed E-state index contributed by atoms with van der Waals surface area (Å²) in [5, 5.41) is 2.37. The number of benzene rings is 1. The number of carbonyl (C=O) groups excluding carboxylic acids is 1. The van der Waals surface area contributed by atoms with Crippen molar-refractivity contribution >= 4 is 11.6 Å². The number of nitrogens with one attached hydrogen (secondary N) is 1. The van der Waals surface area contributed by atoms with E-state index in [0.717, 1.165) is 12.1 Å². The van der Waals surface area contributed by atoms with Crippen molar-refractivity contribution in [3.8, 4) is 0 Å². The minimum atomic E-state index is -0.802. The Kier molecular flexibility index (Phi) is 3.62. The van der Waals surface area contributed by atoms with Crippen molar-refractivity contribution < 1.29 is 13.6 Å². The zero-order valence-corrected chi connectivity index (χ0v) is 9.36. The summed E-state index contributed by atoms with van der Waals surface area (Å²) in [6.07, 6.45) is 1.61. The summed E-state index contributed by atoms with van der Waals surface area (Å²) in [5.41, 5.74) is 0.537. The lowest BCUT2D eigenvalue weighted by atomic mass is 10.2. The summed E-state index contributed by atoms with van der Waals surface area (Å²) in [5.74, 6) is -1.89. The third-order valence-electron chi connectivity index (χ3n) is 2.27. The zero-order valence-electron chi connectivity index (χ0n) is 9.36. The number of hydrogen-bond acceptors (Lipinski definition) is 2. The van der Waals surface area contributed by atoms with E-state index in [-0.39, 0.29) is 12.1 Å². The number of aromatic nitrogens is 1. The van der Waals surface area contributed by atoms with Gasteiger partial charge in [0.2, 0.25) is 5.91 Å². The number of anilines is 1. The Hall–Kier alpha value is -2.30. The molecule has 0 saturated carbocycles. The second kappa shape index (κ2) is 5.35. The van der Waals surface area contributed by atoms with Crippen molar-refractivity contribution in [2.24, 2.45) is 0 Å². The molecule has 1 aromatic carbocycles. The molecule has 0 radical (unpaired) electrons. The monoisotopic (exact) mass is 248 g/mol. The lowest BCUT2D eigenvalue weighted by Gasteiger charge is -2.06. The summed E-state index contributed by atoms with van der Waals surface area (Å²) in [6.45, 7) is 0. The van der Waals surface area contributed by atoms with Gasteiger partial charge in [0.05, 0.1) is 12.1 Å². The zero-order chi connectivity index (χ0) is 13.0. The smallest absolute Gasteiger partial charge is 0.230 e. The lowest BCUT2D eigenvalue weighted by molar-refractivity contribution is -0.115. The first-order chi connectivity index (χ1) is 8.65. The lowest BCUT2D eigenvalue weighted by Crippen LogP contribution is -2.16. The van der Waals surface area contributed by atoms with Crippen LogP contribution in [0.3, 0.4) is 0 Å². The van der Waals surface area contributed by atoms with E-state index < -0.39 is 17.5 Å². The van der Waals surface area contributed by atoms with Gasteiger partial charge in [-0.2, -0.15) is 0 Å². The fourth-order valence-electron chi connectivity index (χ4n) is 1.45. The molecule has 2 rings (SSSR count). The molecule has 92 valence electrons. The van der Waals surface area contributed by atoms with E-state index >= 15 is 0 Å². The van der Waals surface area contributed by atoms with E-state index in [4.69, 9.17) is 0 Å². The number of amides is 1. The standard InChI is InChI=1S/C13H10F2N2O/c14-9-4-5-12(11(15)7-9)17-13(18)8-10-3-1-2-6-16-10/h1-7H,8H2,(H,17,18). The van der Waals surface area contributed by atoms with Crippen LogP contribution in [0.5, 0.6) is 0 Å². The van der Waals surface area contributed by atoms with Gasteiger partial charge in [0.25, 0.3) is 0 Å². The summed E-state index contributed by atoms with van der Waals surface area (Å²) in [6, 6.07) is 8.17. The molecule has 5 heteroatoms. The first-order valence-electron chi connectivity index (χ1n) is 5.30. The molecule has 1 heterocycles. The number of pyridine rings is 1. The van der Waals surface area contributed by atoms with E-state index in [1.165, 1.54) is 6.07 Å². The van der Waals surface area contributed by atoms with Gasteiger partial charge < -0.3 is 5.32 Å².